The third kappa shape index (κ3) is 1.77. The van der Waals surface area contributed by atoms with E-state index in [1.165, 1.54) is 12.8 Å². The van der Waals surface area contributed by atoms with Crippen LogP contribution in [0.3, 0.4) is 0 Å². The molecule has 0 aromatic carbocycles. The average molecular weight is 197 g/mol. The molecule has 2 heterocycles. The van der Waals surface area contributed by atoms with E-state index in [0.717, 1.165) is 25.6 Å². The van der Waals surface area contributed by atoms with Crippen molar-refractivity contribution in [3.05, 3.63) is 0 Å². The summed E-state index contributed by atoms with van der Waals surface area (Å²) in [5, 5.41) is 3.51. The number of nitrogens with two attached hydrogens (primary N) is 1. The summed E-state index contributed by atoms with van der Waals surface area (Å²) in [6, 6.07) is 0.480. The van der Waals surface area contributed by atoms with Crippen molar-refractivity contribution in [3.63, 3.8) is 0 Å². The van der Waals surface area contributed by atoms with E-state index in [0.29, 0.717) is 6.04 Å². The van der Waals surface area contributed by atoms with Gasteiger partial charge in [-0.2, -0.15) is 0 Å². The predicted octanol–water partition coefficient (Wildman–Crippen LogP) is -0.456. The zero-order valence-corrected chi connectivity index (χ0v) is 8.70. The van der Waals surface area contributed by atoms with Gasteiger partial charge in [0.2, 0.25) is 5.91 Å². The molecule has 0 bridgehead atoms. The van der Waals surface area contributed by atoms with E-state index in [2.05, 4.69) is 10.2 Å². The van der Waals surface area contributed by atoms with Gasteiger partial charge in [0.25, 0.3) is 0 Å². The zero-order valence-electron chi connectivity index (χ0n) is 8.70. The first kappa shape index (κ1) is 9.93. The molecule has 2 fully saturated rings. The second-order valence-electron chi connectivity index (χ2n) is 4.50. The minimum atomic E-state index is -0.205. The average Bonchev–Trinajstić information content (AvgIpc) is 2.59. The van der Waals surface area contributed by atoms with Crippen molar-refractivity contribution in [1.82, 2.24) is 10.2 Å². The molecule has 0 aromatic rings. The molecule has 2 aliphatic rings. The standard InChI is InChI=1S/C10H19N3O/c1-7(10(11)14)13-5-8-3-2-4-12-9(8)6-13/h7-9,12H,2-6H2,1H3,(H2,11,14)/t7?,8-,9+/m0/s1. The number of carbonyl (C=O) groups is 1. The molecule has 0 aliphatic carbocycles. The molecule has 2 saturated heterocycles. The summed E-state index contributed by atoms with van der Waals surface area (Å²) < 4.78 is 0. The Hall–Kier alpha value is -0.610. The Morgan fingerprint density at radius 3 is 3.00 bits per heavy atom. The Labute approximate surface area is 84.8 Å². The Bertz CT molecular complexity index is 217. The van der Waals surface area contributed by atoms with Crippen molar-refractivity contribution in [2.75, 3.05) is 19.6 Å². The fourth-order valence-electron chi connectivity index (χ4n) is 2.58. The van der Waals surface area contributed by atoms with Gasteiger partial charge in [-0.3, -0.25) is 9.69 Å². The van der Waals surface area contributed by atoms with Crippen LogP contribution in [0.1, 0.15) is 19.8 Å². The predicted molar refractivity (Wildman–Crippen MR) is 54.7 cm³/mol. The maximum absolute atomic E-state index is 11.1. The summed E-state index contributed by atoms with van der Waals surface area (Å²) in [6.07, 6.45) is 2.56. The summed E-state index contributed by atoms with van der Waals surface area (Å²) in [5.74, 6) is 0.522. The van der Waals surface area contributed by atoms with Crippen molar-refractivity contribution >= 4 is 5.91 Å². The first-order valence-corrected chi connectivity index (χ1v) is 5.45. The van der Waals surface area contributed by atoms with E-state index >= 15 is 0 Å². The highest BCUT2D eigenvalue weighted by atomic mass is 16.1. The molecular formula is C10H19N3O. The molecule has 2 rings (SSSR count). The lowest BCUT2D eigenvalue weighted by atomic mass is 9.94. The molecule has 3 atom stereocenters. The van der Waals surface area contributed by atoms with Crippen LogP contribution < -0.4 is 11.1 Å². The lowest BCUT2D eigenvalue weighted by Crippen LogP contribution is -2.43. The number of piperidine rings is 1. The van der Waals surface area contributed by atoms with Gasteiger partial charge in [-0.25, -0.2) is 0 Å². The van der Waals surface area contributed by atoms with E-state index < -0.39 is 0 Å². The van der Waals surface area contributed by atoms with E-state index in [9.17, 15) is 4.79 Å². The minimum Gasteiger partial charge on any atom is -0.368 e. The minimum absolute atomic E-state index is 0.109. The van der Waals surface area contributed by atoms with Crippen LogP contribution in [0.2, 0.25) is 0 Å². The number of fused-ring (bicyclic) bond motifs is 1. The number of hydrogen-bond acceptors (Lipinski definition) is 3. The SMILES string of the molecule is CC(C(N)=O)N1C[C@@H]2CCCN[C@@H]2C1. The highest BCUT2D eigenvalue weighted by Gasteiger charge is 2.37. The molecule has 1 unspecified atom stereocenters. The maximum atomic E-state index is 11.1. The van der Waals surface area contributed by atoms with Crippen LogP contribution in [-0.2, 0) is 4.79 Å². The number of primary amides is 1. The summed E-state index contributed by atoms with van der Waals surface area (Å²) in [5.41, 5.74) is 5.30. The number of amides is 1. The molecule has 2 aliphatic heterocycles. The third-order valence-corrected chi connectivity index (χ3v) is 3.59. The van der Waals surface area contributed by atoms with E-state index in [4.69, 9.17) is 5.73 Å². The van der Waals surface area contributed by atoms with Crippen LogP contribution in [0.15, 0.2) is 0 Å². The van der Waals surface area contributed by atoms with Gasteiger partial charge in [-0.15, -0.1) is 0 Å². The van der Waals surface area contributed by atoms with Gasteiger partial charge in [0, 0.05) is 19.1 Å². The maximum Gasteiger partial charge on any atom is 0.234 e. The number of rotatable bonds is 2. The van der Waals surface area contributed by atoms with Crippen molar-refractivity contribution in [2.24, 2.45) is 11.7 Å². The van der Waals surface area contributed by atoms with Crippen LogP contribution in [0.4, 0.5) is 0 Å². The van der Waals surface area contributed by atoms with Crippen molar-refractivity contribution < 1.29 is 4.79 Å². The third-order valence-electron chi connectivity index (χ3n) is 3.59. The molecule has 0 saturated carbocycles. The number of carbonyl (C=O) groups excluding carboxylic acids is 1. The number of nitrogens with one attached hydrogen (secondary N) is 1. The summed E-state index contributed by atoms with van der Waals surface area (Å²) in [7, 11) is 0. The molecule has 0 spiro atoms. The van der Waals surface area contributed by atoms with E-state index in [-0.39, 0.29) is 11.9 Å². The molecule has 4 nitrogen and oxygen atoms in total. The van der Waals surface area contributed by atoms with Gasteiger partial charge in [0.15, 0.2) is 0 Å². The van der Waals surface area contributed by atoms with Gasteiger partial charge in [0.05, 0.1) is 6.04 Å². The van der Waals surface area contributed by atoms with Gasteiger partial charge in [0.1, 0.15) is 0 Å². The molecule has 4 heteroatoms. The Morgan fingerprint density at radius 1 is 1.57 bits per heavy atom. The summed E-state index contributed by atoms with van der Waals surface area (Å²) in [4.78, 5) is 13.3. The van der Waals surface area contributed by atoms with E-state index in [1.807, 2.05) is 6.92 Å². The molecule has 80 valence electrons. The number of likely N-dealkylation sites (tertiary alicyclic amines) is 1. The van der Waals surface area contributed by atoms with Crippen LogP contribution in [-0.4, -0.2) is 42.5 Å². The molecule has 3 N–H and O–H groups in total. The molecule has 0 aromatic heterocycles. The lowest BCUT2D eigenvalue weighted by molar-refractivity contribution is -0.122. The second-order valence-corrected chi connectivity index (χ2v) is 4.50. The molecule has 1 amide bonds. The van der Waals surface area contributed by atoms with Gasteiger partial charge >= 0.3 is 0 Å². The van der Waals surface area contributed by atoms with Crippen molar-refractivity contribution in [2.45, 2.75) is 31.8 Å². The smallest absolute Gasteiger partial charge is 0.234 e. The van der Waals surface area contributed by atoms with Crippen LogP contribution >= 0.6 is 0 Å². The highest BCUT2D eigenvalue weighted by Crippen LogP contribution is 2.25. The van der Waals surface area contributed by atoms with Crippen molar-refractivity contribution in [1.29, 1.82) is 0 Å². The molecular weight excluding hydrogens is 178 g/mol. The quantitative estimate of drug-likeness (QED) is 0.630. The van der Waals surface area contributed by atoms with Crippen LogP contribution in [0.25, 0.3) is 0 Å². The largest absolute Gasteiger partial charge is 0.368 e. The molecule has 14 heavy (non-hydrogen) atoms. The normalized spacial score (nSPS) is 35.2. The monoisotopic (exact) mass is 197 g/mol. The van der Waals surface area contributed by atoms with Crippen LogP contribution in [0, 0.1) is 5.92 Å². The first-order chi connectivity index (χ1) is 6.68. The van der Waals surface area contributed by atoms with Gasteiger partial charge in [-0.1, -0.05) is 0 Å². The number of nitrogens with zero attached hydrogens (tertiary/aromatic N) is 1. The second kappa shape index (κ2) is 3.87. The Balaban J connectivity index is 1.95. The van der Waals surface area contributed by atoms with Crippen LogP contribution in [0.5, 0.6) is 0 Å². The molecule has 0 radical (unpaired) electrons. The highest BCUT2D eigenvalue weighted by molar-refractivity contribution is 5.79. The first-order valence-electron chi connectivity index (χ1n) is 5.45. The Morgan fingerprint density at radius 2 is 2.36 bits per heavy atom. The van der Waals surface area contributed by atoms with Gasteiger partial charge < -0.3 is 11.1 Å². The summed E-state index contributed by atoms with van der Waals surface area (Å²) in [6.45, 7) is 5.04. The number of hydrogen-bond donors (Lipinski definition) is 2. The van der Waals surface area contributed by atoms with E-state index in [1.54, 1.807) is 0 Å². The zero-order chi connectivity index (χ0) is 10.1. The fraction of sp³-hybridized carbons (Fsp3) is 0.900. The topological polar surface area (TPSA) is 58.4 Å². The van der Waals surface area contributed by atoms with Gasteiger partial charge in [-0.05, 0) is 32.2 Å². The fourth-order valence-corrected chi connectivity index (χ4v) is 2.58. The summed E-state index contributed by atoms with van der Waals surface area (Å²) >= 11 is 0. The lowest BCUT2D eigenvalue weighted by Gasteiger charge is -2.24. The Kier molecular flexibility index (Phi) is 2.74. The van der Waals surface area contributed by atoms with Crippen molar-refractivity contribution in [3.8, 4) is 0 Å².